The van der Waals surface area contributed by atoms with Crippen LogP contribution in [0.2, 0.25) is 0 Å². The molecule has 128 valence electrons. The molecule has 0 radical (unpaired) electrons. The number of pyridine rings is 1. The Morgan fingerprint density at radius 3 is 2.77 bits per heavy atom. The molecule has 0 unspecified atom stereocenters. The van der Waals surface area contributed by atoms with E-state index in [-0.39, 0.29) is 11.8 Å². The van der Waals surface area contributed by atoms with Crippen molar-refractivity contribution in [2.24, 2.45) is 0 Å². The predicted molar refractivity (Wildman–Crippen MR) is 95.8 cm³/mol. The fraction of sp³-hybridized carbons (Fsp3) is 0.167. The van der Waals surface area contributed by atoms with Crippen LogP contribution in [0.4, 0.5) is 0 Å². The third kappa shape index (κ3) is 2.55. The van der Waals surface area contributed by atoms with Gasteiger partial charge in [-0.05, 0) is 24.3 Å². The smallest absolute Gasteiger partial charge is 0.282 e. The van der Waals surface area contributed by atoms with Crippen molar-refractivity contribution in [3.05, 3.63) is 59.6 Å². The van der Waals surface area contributed by atoms with E-state index in [1.165, 1.54) is 11.3 Å². The Morgan fingerprint density at radius 2 is 1.96 bits per heavy atom. The zero-order valence-corrected chi connectivity index (χ0v) is 14.4. The first-order valence-corrected chi connectivity index (χ1v) is 8.99. The number of rotatable bonds is 3. The van der Waals surface area contributed by atoms with Gasteiger partial charge in [0.05, 0.1) is 16.1 Å². The van der Waals surface area contributed by atoms with Gasteiger partial charge in [0, 0.05) is 19.3 Å². The standard InChI is InChI=1S/C18H13N5O2S/c24-18(17-20-12-5-1-2-7-14(12)26-17)23-9-11(10-23)16-21-15(22-25-16)13-6-3-4-8-19-13/h1-8,11H,9-10H2. The summed E-state index contributed by atoms with van der Waals surface area (Å²) in [4.78, 5) is 27.4. The van der Waals surface area contributed by atoms with Crippen LogP contribution in [0.25, 0.3) is 21.7 Å². The molecule has 8 heteroatoms. The minimum absolute atomic E-state index is 0.0492. The van der Waals surface area contributed by atoms with Gasteiger partial charge in [0.25, 0.3) is 5.91 Å². The normalized spacial score (nSPS) is 14.5. The molecule has 4 heterocycles. The van der Waals surface area contributed by atoms with Crippen molar-refractivity contribution < 1.29 is 9.32 Å². The van der Waals surface area contributed by atoms with Gasteiger partial charge in [0.2, 0.25) is 11.7 Å². The van der Waals surface area contributed by atoms with Crippen molar-refractivity contribution in [2.45, 2.75) is 5.92 Å². The molecule has 0 spiro atoms. The zero-order valence-electron chi connectivity index (χ0n) is 13.6. The number of para-hydroxylation sites is 1. The summed E-state index contributed by atoms with van der Waals surface area (Å²) in [7, 11) is 0. The molecule has 26 heavy (non-hydrogen) atoms. The van der Waals surface area contributed by atoms with E-state index >= 15 is 0 Å². The number of carbonyl (C=O) groups is 1. The Bertz CT molecular complexity index is 1050. The molecule has 1 aliphatic heterocycles. The largest absolute Gasteiger partial charge is 0.338 e. The molecule has 4 aromatic rings. The lowest BCUT2D eigenvalue weighted by molar-refractivity contribution is 0.0569. The summed E-state index contributed by atoms with van der Waals surface area (Å²) >= 11 is 1.42. The van der Waals surface area contributed by atoms with E-state index in [1.54, 1.807) is 11.1 Å². The van der Waals surface area contributed by atoms with Crippen LogP contribution in [-0.4, -0.2) is 44.0 Å². The molecule has 0 saturated carbocycles. The number of likely N-dealkylation sites (tertiary alicyclic amines) is 1. The predicted octanol–water partition coefficient (Wildman–Crippen LogP) is 2.98. The summed E-state index contributed by atoms with van der Waals surface area (Å²) in [5.41, 5.74) is 1.53. The molecule has 1 fully saturated rings. The Balaban J connectivity index is 1.28. The van der Waals surface area contributed by atoms with Crippen molar-refractivity contribution in [3.63, 3.8) is 0 Å². The molecule has 1 amide bonds. The summed E-state index contributed by atoms with van der Waals surface area (Å²) < 4.78 is 6.37. The topological polar surface area (TPSA) is 85.0 Å². The highest BCUT2D eigenvalue weighted by Crippen LogP contribution is 2.30. The lowest BCUT2D eigenvalue weighted by atomic mass is 10.0. The van der Waals surface area contributed by atoms with E-state index in [0.29, 0.717) is 35.5 Å². The van der Waals surface area contributed by atoms with Gasteiger partial charge in [-0.15, -0.1) is 11.3 Å². The van der Waals surface area contributed by atoms with Crippen LogP contribution in [-0.2, 0) is 0 Å². The Morgan fingerprint density at radius 1 is 1.12 bits per heavy atom. The third-order valence-corrected chi connectivity index (χ3v) is 5.35. The summed E-state index contributed by atoms with van der Waals surface area (Å²) in [6.45, 7) is 1.11. The second kappa shape index (κ2) is 5.99. The van der Waals surface area contributed by atoms with Gasteiger partial charge in [-0.1, -0.05) is 23.4 Å². The molecular weight excluding hydrogens is 350 g/mol. The van der Waals surface area contributed by atoms with Crippen LogP contribution >= 0.6 is 11.3 Å². The molecule has 3 aromatic heterocycles. The third-order valence-electron chi connectivity index (χ3n) is 4.33. The highest BCUT2D eigenvalue weighted by molar-refractivity contribution is 7.20. The van der Waals surface area contributed by atoms with Crippen LogP contribution in [0.15, 0.2) is 53.2 Å². The number of fused-ring (bicyclic) bond motifs is 1. The molecule has 5 rings (SSSR count). The maximum atomic E-state index is 12.6. The number of thiazole rings is 1. The van der Waals surface area contributed by atoms with Gasteiger partial charge >= 0.3 is 0 Å². The molecule has 1 saturated heterocycles. The zero-order chi connectivity index (χ0) is 17.5. The number of hydrogen-bond acceptors (Lipinski definition) is 7. The minimum atomic E-state index is -0.0492. The second-order valence-electron chi connectivity index (χ2n) is 6.07. The first-order valence-electron chi connectivity index (χ1n) is 8.18. The van der Waals surface area contributed by atoms with Gasteiger partial charge in [0.15, 0.2) is 5.01 Å². The van der Waals surface area contributed by atoms with E-state index in [1.807, 2.05) is 42.5 Å². The SMILES string of the molecule is O=C(c1nc2ccccc2s1)N1CC(c2nc(-c3ccccn3)no2)C1. The molecule has 1 aromatic carbocycles. The fourth-order valence-corrected chi connectivity index (χ4v) is 3.83. The molecule has 0 aliphatic carbocycles. The van der Waals surface area contributed by atoms with E-state index in [4.69, 9.17) is 4.52 Å². The second-order valence-corrected chi connectivity index (χ2v) is 7.10. The Kier molecular flexibility index (Phi) is 3.49. The molecule has 1 aliphatic rings. The molecular formula is C18H13N5O2S. The minimum Gasteiger partial charge on any atom is -0.338 e. The van der Waals surface area contributed by atoms with Gasteiger partial charge in [-0.3, -0.25) is 9.78 Å². The Labute approximate surface area is 152 Å². The van der Waals surface area contributed by atoms with Crippen molar-refractivity contribution in [3.8, 4) is 11.5 Å². The lowest BCUT2D eigenvalue weighted by Gasteiger charge is -2.36. The number of benzene rings is 1. The molecule has 7 nitrogen and oxygen atoms in total. The first-order chi connectivity index (χ1) is 12.8. The quantitative estimate of drug-likeness (QED) is 0.556. The van der Waals surface area contributed by atoms with Gasteiger partial charge in [-0.2, -0.15) is 4.98 Å². The highest BCUT2D eigenvalue weighted by atomic mass is 32.1. The molecule has 0 atom stereocenters. The van der Waals surface area contributed by atoms with E-state index in [9.17, 15) is 4.79 Å². The van der Waals surface area contributed by atoms with Crippen LogP contribution in [0.5, 0.6) is 0 Å². The summed E-state index contributed by atoms with van der Waals surface area (Å²) in [6.07, 6.45) is 1.69. The van der Waals surface area contributed by atoms with Crippen LogP contribution in [0.3, 0.4) is 0 Å². The van der Waals surface area contributed by atoms with Crippen LogP contribution in [0.1, 0.15) is 21.6 Å². The number of carbonyl (C=O) groups excluding carboxylic acids is 1. The number of aromatic nitrogens is 4. The average Bonchev–Trinajstić information content (AvgIpc) is 3.28. The van der Waals surface area contributed by atoms with Crippen LogP contribution in [0, 0.1) is 0 Å². The van der Waals surface area contributed by atoms with Crippen LogP contribution < -0.4 is 0 Å². The van der Waals surface area contributed by atoms with E-state index in [2.05, 4.69) is 20.1 Å². The van der Waals surface area contributed by atoms with Crippen molar-refractivity contribution in [1.82, 2.24) is 25.0 Å². The summed E-state index contributed by atoms with van der Waals surface area (Å²) in [5.74, 6) is 1.01. The van der Waals surface area contributed by atoms with E-state index < -0.39 is 0 Å². The fourth-order valence-electron chi connectivity index (χ4n) is 2.90. The lowest BCUT2D eigenvalue weighted by Crippen LogP contribution is -2.48. The van der Waals surface area contributed by atoms with Gasteiger partial charge < -0.3 is 9.42 Å². The maximum absolute atomic E-state index is 12.6. The monoisotopic (exact) mass is 363 g/mol. The molecule has 0 bridgehead atoms. The maximum Gasteiger partial charge on any atom is 0.282 e. The van der Waals surface area contributed by atoms with Gasteiger partial charge in [-0.25, -0.2) is 4.98 Å². The summed E-state index contributed by atoms with van der Waals surface area (Å²) in [5, 5.41) is 4.50. The Hall–Kier alpha value is -3.13. The summed E-state index contributed by atoms with van der Waals surface area (Å²) in [6, 6.07) is 13.3. The van der Waals surface area contributed by atoms with Crippen molar-refractivity contribution in [1.29, 1.82) is 0 Å². The first kappa shape index (κ1) is 15.2. The highest BCUT2D eigenvalue weighted by Gasteiger charge is 2.37. The van der Waals surface area contributed by atoms with Crippen molar-refractivity contribution >= 4 is 27.5 Å². The van der Waals surface area contributed by atoms with Crippen molar-refractivity contribution in [2.75, 3.05) is 13.1 Å². The number of nitrogens with zero attached hydrogens (tertiary/aromatic N) is 5. The molecule has 0 N–H and O–H groups in total. The average molecular weight is 363 g/mol. The number of hydrogen-bond donors (Lipinski definition) is 0. The van der Waals surface area contributed by atoms with Gasteiger partial charge in [0.1, 0.15) is 5.69 Å². The number of amides is 1. The van der Waals surface area contributed by atoms with E-state index in [0.717, 1.165) is 10.2 Å².